The van der Waals surface area contributed by atoms with Gasteiger partial charge in [0.05, 0.1) is 17.0 Å². The zero-order valence-corrected chi connectivity index (χ0v) is 10.8. The average Bonchev–Trinajstić information content (AvgIpc) is 3.10. The lowest BCUT2D eigenvalue weighted by Gasteiger charge is -2.16. The van der Waals surface area contributed by atoms with E-state index in [1.807, 2.05) is 0 Å². The molecule has 0 radical (unpaired) electrons. The van der Waals surface area contributed by atoms with Crippen molar-refractivity contribution in [3.05, 3.63) is 34.6 Å². The minimum atomic E-state index is -0.956. The molecule has 1 aromatic carbocycles. The average molecular weight is 286 g/mol. The molecule has 102 valence electrons. The molecule has 4 nitrogen and oxygen atoms in total. The second-order valence-corrected chi connectivity index (χ2v) is 5.05. The fourth-order valence-electron chi connectivity index (χ4n) is 1.94. The summed E-state index contributed by atoms with van der Waals surface area (Å²) < 4.78 is 12.9. The molecule has 2 N–H and O–H groups in total. The summed E-state index contributed by atoms with van der Waals surface area (Å²) in [5.74, 6) is -1.74. The number of benzene rings is 1. The van der Waals surface area contributed by atoms with Gasteiger partial charge in [0.25, 0.3) is 5.91 Å². The lowest BCUT2D eigenvalue weighted by Crippen LogP contribution is -2.38. The van der Waals surface area contributed by atoms with Gasteiger partial charge in [0.1, 0.15) is 5.82 Å². The molecule has 0 aromatic heterocycles. The van der Waals surface area contributed by atoms with Gasteiger partial charge >= 0.3 is 5.97 Å². The van der Waals surface area contributed by atoms with Gasteiger partial charge < -0.3 is 10.4 Å². The first-order chi connectivity index (χ1) is 8.97. The summed E-state index contributed by atoms with van der Waals surface area (Å²) >= 11 is 5.79. The SMILES string of the molecule is O=C(O)CC(NC(=O)c1ccc(F)cc1Cl)C1CC1. The van der Waals surface area contributed by atoms with Crippen molar-refractivity contribution in [1.82, 2.24) is 5.32 Å². The number of amides is 1. The number of carboxylic acids is 1. The first-order valence-corrected chi connectivity index (χ1v) is 6.33. The number of carboxylic acid groups (broad SMARTS) is 1. The Balaban J connectivity index is 2.08. The quantitative estimate of drug-likeness (QED) is 0.873. The molecule has 0 spiro atoms. The molecule has 0 bridgehead atoms. The van der Waals surface area contributed by atoms with E-state index in [1.165, 1.54) is 6.07 Å². The Kier molecular flexibility index (Phi) is 4.04. The molecule has 1 aromatic rings. The third kappa shape index (κ3) is 3.67. The molecule has 2 rings (SSSR count). The number of hydrogen-bond donors (Lipinski definition) is 2. The van der Waals surface area contributed by atoms with Gasteiger partial charge in [0.15, 0.2) is 0 Å². The fraction of sp³-hybridized carbons (Fsp3) is 0.385. The van der Waals surface area contributed by atoms with E-state index >= 15 is 0 Å². The topological polar surface area (TPSA) is 66.4 Å². The monoisotopic (exact) mass is 285 g/mol. The highest BCUT2D eigenvalue weighted by molar-refractivity contribution is 6.33. The van der Waals surface area contributed by atoms with Crippen LogP contribution in [-0.2, 0) is 4.79 Å². The van der Waals surface area contributed by atoms with Crippen LogP contribution in [0.15, 0.2) is 18.2 Å². The summed E-state index contributed by atoms with van der Waals surface area (Å²) in [5, 5.41) is 11.5. The maximum absolute atomic E-state index is 12.9. The molecule has 1 aliphatic carbocycles. The van der Waals surface area contributed by atoms with Crippen molar-refractivity contribution in [1.29, 1.82) is 0 Å². The molecule has 1 aliphatic rings. The molecule has 1 saturated carbocycles. The van der Waals surface area contributed by atoms with Crippen LogP contribution in [0.5, 0.6) is 0 Å². The predicted molar refractivity (Wildman–Crippen MR) is 67.6 cm³/mol. The Hall–Kier alpha value is -1.62. The van der Waals surface area contributed by atoms with Crippen LogP contribution in [0.25, 0.3) is 0 Å². The Morgan fingerprint density at radius 1 is 1.47 bits per heavy atom. The second kappa shape index (κ2) is 5.57. The first-order valence-electron chi connectivity index (χ1n) is 5.95. The molecule has 1 amide bonds. The summed E-state index contributed by atoms with van der Waals surface area (Å²) in [6.45, 7) is 0. The molecule has 0 aliphatic heterocycles. The van der Waals surface area contributed by atoms with E-state index in [-0.39, 0.29) is 22.9 Å². The van der Waals surface area contributed by atoms with Gasteiger partial charge in [-0.25, -0.2) is 4.39 Å². The van der Waals surface area contributed by atoms with Gasteiger partial charge in [-0.1, -0.05) is 11.6 Å². The molecule has 0 saturated heterocycles. The molecule has 0 heterocycles. The molecule has 1 unspecified atom stereocenters. The highest BCUT2D eigenvalue weighted by Gasteiger charge is 2.34. The molecular formula is C13H13ClFNO3. The standard InChI is InChI=1S/C13H13ClFNO3/c14-10-5-8(15)3-4-9(10)13(19)16-11(6-12(17)18)7-1-2-7/h3-5,7,11H,1-2,6H2,(H,16,19)(H,17,18). The number of halogens is 2. The van der Waals surface area contributed by atoms with Gasteiger partial charge in [-0.2, -0.15) is 0 Å². The Bertz CT molecular complexity index is 517. The van der Waals surface area contributed by atoms with Crippen LogP contribution in [0.2, 0.25) is 5.02 Å². The van der Waals surface area contributed by atoms with Crippen molar-refractivity contribution in [2.24, 2.45) is 5.92 Å². The number of carbonyl (C=O) groups is 2. The van der Waals surface area contributed by atoms with E-state index in [0.29, 0.717) is 0 Å². The maximum Gasteiger partial charge on any atom is 0.305 e. The van der Waals surface area contributed by atoms with Crippen LogP contribution in [0.4, 0.5) is 4.39 Å². The highest BCUT2D eigenvalue weighted by Crippen LogP contribution is 2.34. The van der Waals surface area contributed by atoms with Gasteiger partial charge in [-0.05, 0) is 37.0 Å². The van der Waals surface area contributed by atoms with E-state index in [1.54, 1.807) is 0 Å². The number of nitrogens with one attached hydrogen (secondary N) is 1. The number of hydrogen-bond acceptors (Lipinski definition) is 2. The van der Waals surface area contributed by atoms with Crippen LogP contribution in [-0.4, -0.2) is 23.0 Å². The largest absolute Gasteiger partial charge is 0.481 e. The van der Waals surface area contributed by atoms with Crippen molar-refractivity contribution in [2.45, 2.75) is 25.3 Å². The zero-order valence-electron chi connectivity index (χ0n) is 10.0. The van der Waals surface area contributed by atoms with Crippen LogP contribution >= 0.6 is 11.6 Å². The highest BCUT2D eigenvalue weighted by atomic mass is 35.5. The van der Waals surface area contributed by atoms with Crippen molar-refractivity contribution < 1.29 is 19.1 Å². The smallest absolute Gasteiger partial charge is 0.305 e. The van der Waals surface area contributed by atoms with Crippen LogP contribution in [0.1, 0.15) is 29.6 Å². The maximum atomic E-state index is 12.9. The van der Waals surface area contributed by atoms with Crippen molar-refractivity contribution in [3.63, 3.8) is 0 Å². The van der Waals surface area contributed by atoms with Crippen LogP contribution in [0.3, 0.4) is 0 Å². The second-order valence-electron chi connectivity index (χ2n) is 4.64. The number of aliphatic carboxylic acids is 1. The Labute approximate surface area is 114 Å². The summed E-state index contributed by atoms with van der Waals surface area (Å²) in [6, 6.07) is 3.09. The van der Waals surface area contributed by atoms with E-state index in [2.05, 4.69) is 5.32 Å². The number of rotatable bonds is 5. The van der Waals surface area contributed by atoms with Crippen molar-refractivity contribution in [2.75, 3.05) is 0 Å². The lowest BCUT2D eigenvalue weighted by molar-refractivity contribution is -0.137. The van der Waals surface area contributed by atoms with Gasteiger partial charge in [-0.3, -0.25) is 9.59 Å². The fourth-order valence-corrected chi connectivity index (χ4v) is 2.20. The molecule has 1 fully saturated rings. The van der Waals surface area contributed by atoms with E-state index < -0.39 is 23.7 Å². The Morgan fingerprint density at radius 2 is 2.16 bits per heavy atom. The van der Waals surface area contributed by atoms with Crippen molar-refractivity contribution in [3.8, 4) is 0 Å². The summed E-state index contributed by atoms with van der Waals surface area (Å²) in [6.07, 6.45) is 1.71. The van der Waals surface area contributed by atoms with E-state index in [9.17, 15) is 14.0 Å². The summed E-state index contributed by atoms with van der Waals surface area (Å²) in [7, 11) is 0. The molecular weight excluding hydrogens is 273 g/mol. The van der Waals surface area contributed by atoms with E-state index in [4.69, 9.17) is 16.7 Å². The first kappa shape index (κ1) is 13.8. The normalized spacial score (nSPS) is 15.9. The Morgan fingerprint density at radius 3 is 2.68 bits per heavy atom. The minimum Gasteiger partial charge on any atom is -0.481 e. The molecule has 6 heteroatoms. The minimum absolute atomic E-state index is 0.0161. The third-order valence-electron chi connectivity index (χ3n) is 3.08. The van der Waals surface area contributed by atoms with E-state index in [0.717, 1.165) is 25.0 Å². The van der Waals surface area contributed by atoms with Crippen molar-refractivity contribution >= 4 is 23.5 Å². The number of carbonyl (C=O) groups excluding carboxylic acids is 1. The van der Waals surface area contributed by atoms with Gasteiger partial charge in [-0.15, -0.1) is 0 Å². The predicted octanol–water partition coefficient (Wildman–Crippen LogP) is 2.46. The third-order valence-corrected chi connectivity index (χ3v) is 3.39. The molecule has 19 heavy (non-hydrogen) atoms. The lowest BCUT2D eigenvalue weighted by atomic mass is 10.1. The van der Waals surface area contributed by atoms with Crippen LogP contribution < -0.4 is 5.32 Å². The van der Waals surface area contributed by atoms with Crippen LogP contribution in [0, 0.1) is 11.7 Å². The molecule has 1 atom stereocenters. The van der Waals surface area contributed by atoms with Gasteiger partial charge in [0.2, 0.25) is 0 Å². The van der Waals surface area contributed by atoms with Gasteiger partial charge in [0, 0.05) is 6.04 Å². The summed E-state index contributed by atoms with van der Waals surface area (Å²) in [4.78, 5) is 22.7. The zero-order chi connectivity index (χ0) is 14.0. The summed E-state index contributed by atoms with van der Waals surface area (Å²) in [5.41, 5.74) is 0.152.